The van der Waals surface area contributed by atoms with Crippen molar-refractivity contribution in [1.82, 2.24) is 4.98 Å². The second-order valence-corrected chi connectivity index (χ2v) is 5.03. The van der Waals surface area contributed by atoms with Gasteiger partial charge in [-0.2, -0.15) is 0 Å². The smallest absolute Gasteiger partial charge is 0.346 e. The summed E-state index contributed by atoms with van der Waals surface area (Å²) in [6.07, 6.45) is 0. The van der Waals surface area contributed by atoms with Gasteiger partial charge in [0.25, 0.3) is 0 Å². The van der Waals surface area contributed by atoms with Crippen LogP contribution in [0.3, 0.4) is 0 Å². The van der Waals surface area contributed by atoms with E-state index in [1.807, 2.05) is 39.8 Å². The van der Waals surface area contributed by atoms with Crippen molar-refractivity contribution < 1.29 is 4.42 Å². The maximum atomic E-state index is 11.8. The number of hydrogen-bond acceptors (Lipinski definition) is 3. The fourth-order valence-electron chi connectivity index (χ4n) is 1.56. The van der Waals surface area contributed by atoms with Crippen molar-refractivity contribution in [1.29, 1.82) is 0 Å². The summed E-state index contributed by atoms with van der Waals surface area (Å²) in [6.45, 7) is 7.87. The van der Waals surface area contributed by atoms with Gasteiger partial charge in [-0.15, -0.1) is 0 Å². The highest BCUT2D eigenvalue weighted by Gasteiger charge is 2.20. The van der Waals surface area contributed by atoms with E-state index in [0.29, 0.717) is 11.3 Å². The molecular weight excluding hydrogens is 202 g/mol. The second kappa shape index (κ2) is 3.44. The monoisotopic (exact) mass is 217 g/mol. The Balaban J connectivity index is 2.86. The van der Waals surface area contributed by atoms with Crippen LogP contribution in [0.4, 0.5) is 0 Å². The fraction of sp³-hybridized carbons (Fsp3) is 0.385. The molecule has 0 aliphatic rings. The summed E-state index contributed by atoms with van der Waals surface area (Å²) in [5.41, 5.74) is 1.17. The Kier molecular flexibility index (Phi) is 2.34. The molecule has 1 aromatic heterocycles. The molecule has 1 heterocycles. The minimum atomic E-state index is -0.307. The highest BCUT2D eigenvalue weighted by atomic mass is 16.4. The second-order valence-electron chi connectivity index (χ2n) is 5.03. The van der Waals surface area contributed by atoms with Crippen molar-refractivity contribution >= 4 is 10.9 Å². The Labute approximate surface area is 94.1 Å². The van der Waals surface area contributed by atoms with Gasteiger partial charge in [-0.25, -0.2) is 9.78 Å². The van der Waals surface area contributed by atoms with Gasteiger partial charge in [0.2, 0.25) is 5.89 Å². The maximum absolute atomic E-state index is 11.8. The first-order chi connectivity index (χ1) is 7.39. The van der Waals surface area contributed by atoms with Gasteiger partial charge in [0.1, 0.15) is 0 Å². The van der Waals surface area contributed by atoms with Crippen molar-refractivity contribution in [2.45, 2.75) is 33.1 Å². The molecule has 0 unspecified atom stereocenters. The molecular formula is C13H15NO2. The Bertz CT molecular complexity index is 591. The van der Waals surface area contributed by atoms with E-state index in [1.165, 1.54) is 0 Å². The van der Waals surface area contributed by atoms with E-state index in [0.717, 1.165) is 11.1 Å². The average molecular weight is 217 g/mol. The lowest BCUT2D eigenvalue weighted by molar-refractivity contribution is 0.360. The highest BCUT2D eigenvalue weighted by molar-refractivity contribution is 5.80. The third kappa shape index (κ3) is 1.73. The Morgan fingerprint density at radius 2 is 1.94 bits per heavy atom. The van der Waals surface area contributed by atoms with Crippen molar-refractivity contribution in [2.24, 2.45) is 0 Å². The van der Waals surface area contributed by atoms with Gasteiger partial charge in [0.05, 0.1) is 10.9 Å². The molecule has 1 aromatic carbocycles. The Hall–Kier alpha value is -1.64. The molecule has 3 heteroatoms. The van der Waals surface area contributed by atoms with E-state index in [2.05, 4.69) is 4.98 Å². The lowest BCUT2D eigenvalue weighted by Gasteiger charge is -2.15. The molecule has 2 rings (SSSR count). The molecule has 0 aliphatic heterocycles. The molecule has 2 aromatic rings. The van der Waals surface area contributed by atoms with Crippen molar-refractivity contribution in [2.75, 3.05) is 0 Å². The van der Waals surface area contributed by atoms with Gasteiger partial charge in [-0.1, -0.05) is 32.9 Å². The maximum Gasteiger partial charge on any atom is 0.346 e. The number of para-hydroxylation sites is 1. The zero-order valence-corrected chi connectivity index (χ0v) is 10.00. The third-order valence-corrected chi connectivity index (χ3v) is 2.50. The highest BCUT2D eigenvalue weighted by Crippen LogP contribution is 2.21. The Morgan fingerprint density at radius 1 is 1.25 bits per heavy atom. The molecule has 0 saturated heterocycles. The van der Waals surface area contributed by atoms with Crippen LogP contribution in [0.5, 0.6) is 0 Å². The fourth-order valence-corrected chi connectivity index (χ4v) is 1.56. The molecule has 0 spiro atoms. The molecule has 16 heavy (non-hydrogen) atoms. The number of fused-ring (bicyclic) bond motifs is 1. The SMILES string of the molecule is Cc1cccc2c(=O)oc(C(C)(C)C)nc12. The molecule has 0 aliphatic carbocycles. The van der Waals surface area contributed by atoms with Gasteiger partial charge in [-0.05, 0) is 18.6 Å². The first-order valence-corrected chi connectivity index (χ1v) is 5.30. The minimum absolute atomic E-state index is 0.254. The van der Waals surface area contributed by atoms with Crippen LogP contribution < -0.4 is 5.63 Å². The molecule has 0 radical (unpaired) electrons. The average Bonchev–Trinajstić information content (AvgIpc) is 2.18. The normalized spacial score (nSPS) is 12.0. The van der Waals surface area contributed by atoms with Crippen LogP contribution in [-0.2, 0) is 5.41 Å². The molecule has 0 atom stereocenters. The topological polar surface area (TPSA) is 43.1 Å². The number of aromatic nitrogens is 1. The minimum Gasteiger partial charge on any atom is -0.407 e. The van der Waals surface area contributed by atoms with E-state index in [4.69, 9.17) is 4.42 Å². The van der Waals surface area contributed by atoms with Crippen LogP contribution in [0, 0.1) is 6.92 Å². The predicted molar refractivity (Wildman–Crippen MR) is 63.7 cm³/mol. The van der Waals surface area contributed by atoms with Crippen molar-refractivity contribution in [3.8, 4) is 0 Å². The first kappa shape index (κ1) is 10.9. The van der Waals surface area contributed by atoms with Gasteiger partial charge in [-0.3, -0.25) is 0 Å². The molecule has 0 amide bonds. The number of rotatable bonds is 0. The molecule has 0 saturated carbocycles. The van der Waals surface area contributed by atoms with Gasteiger partial charge >= 0.3 is 5.63 Å². The summed E-state index contributed by atoms with van der Waals surface area (Å²) in [4.78, 5) is 16.2. The van der Waals surface area contributed by atoms with E-state index in [1.54, 1.807) is 6.07 Å². The van der Waals surface area contributed by atoms with Crippen molar-refractivity contribution in [3.63, 3.8) is 0 Å². The van der Waals surface area contributed by atoms with Crippen LogP contribution >= 0.6 is 0 Å². The quantitative estimate of drug-likeness (QED) is 0.681. The van der Waals surface area contributed by atoms with E-state index in [9.17, 15) is 4.79 Å². The van der Waals surface area contributed by atoms with Crippen LogP contribution in [-0.4, -0.2) is 4.98 Å². The number of hydrogen-bond donors (Lipinski definition) is 0. The molecule has 3 nitrogen and oxygen atoms in total. The standard InChI is InChI=1S/C13H15NO2/c1-8-6-5-7-9-10(8)14-12(13(2,3)4)16-11(9)15/h5-7H,1-4H3. The van der Waals surface area contributed by atoms with Gasteiger partial charge in [0.15, 0.2) is 0 Å². The number of benzene rings is 1. The number of aryl methyl sites for hydroxylation is 1. The summed E-state index contributed by atoms with van der Waals surface area (Å²) >= 11 is 0. The summed E-state index contributed by atoms with van der Waals surface area (Å²) < 4.78 is 5.24. The molecule has 0 bridgehead atoms. The number of nitrogens with zero attached hydrogens (tertiary/aromatic N) is 1. The zero-order valence-electron chi connectivity index (χ0n) is 10.00. The first-order valence-electron chi connectivity index (χ1n) is 5.30. The lowest BCUT2D eigenvalue weighted by atomic mass is 9.96. The largest absolute Gasteiger partial charge is 0.407 e. The van der Waals surface area contributed by atoms with E-state index < -0.39 is 0 Å². The third-order valence-electron chi connectivity index (χ3n) is 2.50. The van der Waals surface area contributed by atoms with Crippen LogP contribution in [0.25, 0.3) is 10.9 Å². The summed E-state index contributed by atoms with van der Waals surface area (Å²) in [6, 6.07) is 5.53. The summed E-state index contributed by atoms with van der Waals surface area (Å²) in [5.74, 6) is 0.485. The molecule has 0 N–H and O–H groups in total. The van der Waals surface area contributed by atoms with Crippen LogP contribution in [0.1, 0.15) is 32.2 Å². The van der Waals surface area contributed by atoms with Crippen LogP contribution in [0.15, 0.2) is 27.4 Å². The lowest BCUT2D eigenvalue weighted by Crippen LogP contribution is -2.17. The van der Waals surface area contributed by atoms with Gasteiger partial charge < -0.3 is 4.42 Å². The zero-order chi connectivity index (χ0) is 11.9. The summed E-state index contributed by atoms with van der Waals surface area (Å²) in [5, 5.41) is 0.549. The van der Waals surface area contributed by atoms with E-state index >= 15 is 0 Å². The van der Waals surface area contributed by atoms with E-state index in [-0.39, 0.29) is 11.0 Å². The van der Waals surface area contributed by atoms with Gasteiger partial charge in [0, 0.05) is 5.41 Å². The molecule has 0 fully saturated rings. The van der Waals surface area contributed by atoms with Crippen molar-refractivity contribution in [3.05, 3.63) is 40.1 Å². The Morgan fingerprint density at radius 3 is 2.56 bits per heavy atom. The summed E-state index contributed by atoms with van der Waals surface area (Å²) in [7, 11) is 0. The molecule has 84 valence electrons. The van der Waals surface area contributed by atoms with Crippen LogP contribution in [0.2, 0.25) is 0 Å². The predicted octanol–water partition coefficient (Wildman–Crippen LogP) is 2.79.